The molecule has 0 unspecified atom stereocenters. The highest BCUT2D eigenvalue weighted by atomic mass is 16.5. The Morgan fingerprint density at radius 1 is 1.26 bits per heavy atom. The SMILES string of the molecule is C[C@H](NCCNC(=O)OCc1ccccc1)C(=O)O. The normalized spacial score (nSPS) is 11.6. The molecule has 0 heterocycles. The Morgan fingerprint density at radius 3 is 2.58 bits per heavy atom. The van der Waals surface area contributed by atoms with Gasteiger partial charge in [0, 0.05) is 13.1 Å². The molecule has 3 N–H and O–H groups in total. The lowest BCUT2D eigenvalue weighted by molar-refractivity contribution is -0.138. The molecule has 104 valence electrons. The molecule has 1 rings (SSSR count). The number of carbonyl (C=O) groups excluding carboxylic acids is 1. The van der Waals surface area contributed by atoms with Crippen LogP contribution in [0.4, 0.5) is 4.79 Å². The van der Waals surface area contributed by atoms with E-state index in [1.807, 2.05) is 30.3 Å². The average Bonchev–Trinajstić information content (AvgIpc) is 2.42. The van der Waals surface area contributed by atoms with Crippen LogP contribution in [0.15, 0.2) is 30.3 Å². The molecule has 0 spiro atoms. The fourth-order valence-electron chi connectivity index (χ4n) is 1.31. The molecule has 0 saturated heterocycles. The minimum Gasteiger partial charge on any atom is -0.480 e. The minimum atomic E-state index is -0.924. The fraction of sp³-hybridized carbons (Fsp3) is 0.385. The van der Waals surface area contributed by atoms with Crippen LogP contribution in [0, 0.1) is 0 Å². The molecule has 19 heavy (non-hydrogen) atoms. The summed E-state index contributed by atoms with van der Waals surface area (Å²) in [4.78, 5) is 21.8. The van der Waals surface area contributed by atoms with Gasteiger partial charge in [-0.3, -0.25) is 4.79 Å². The first kappa shape index (κ1) is 15.0. The lowest BCUT2D eigenvalue weighted by Gasteiger charge is -2.10. The first-order valence-electron chi connectivity index (χ1n) is 6.00. The lowest BCUT2D eigenvalue weighted by Crippen LogP contribution is -2.39. The molecule has 0 radical (unpaired) electrons. The summed E-state index contributed by atoms with van der Waals surface area (Å²) >= 11 is 0. The Labute approximate surface area is 111 Å². The van der Waals surface area contributed by atoms with Gasteiger partial charge in [-0.05, 0) is 12.5 Å². The largest absolute Gasteiger partial charge is 0.480 e. The average molecular weight is 266 g/mol. The number of carboxylic acid groups (broad SMARTS) is 1. The van der Waals surface area contributed by atoms with Crippen molar-refractivity contribution in [2.45, 2.75) is 19.6 Å². The first-order valence-corrected chi connectivity index (χ1v) is 6.00. The van der Waals surface area contributed by atoms with Gasteiger partial charge in [0.2, 0.25) is 0 Å². The van der Waals surface area contributed by atoms with Gasteiger partial charge in [-0.25, -0.2) is 4.79 Å². The predicted octanol–water partition coefficient (Wildman–Crippen LogP) is 0.975. The molecule has 6 nitrogen and oxygen atoms in total. The summed E-state index contributed by atoms with van der Waals surface area (Å²) in [5, 5.41) is 13.9. The van der Waals surface area contributed by atoms with Gasteiger partial charge in [0.05, 0.1) is 0 Å². The number of carbonyl (C=O) groups is 2. The molecule has 1 aromatic rings. The molecule has 0 aromatic heterocycles. The van der Waals surface area contributed by atoms with Crippen molar-refractivity contribution in [1.29, 1.82) is 0 Å². The van der Waals surface area contributed by atoms with Crippen LogP contribution in [0.25, 0.3) is 0 Å². The van der Waals surface area contributed by atoms with Crippen LogP contribution in [-0.4, -0.2) is 36.3 Å². The summed E-state index contributed by atoms with van der Waals surface area (Å²) in [6.45, 7) is 2.43. The molecule has 0 fully saturated rings. The van der Waals surface area contributed by atoms with Gasteiger partial charge in [0.1, 0.15) is 12.6 Å². The van der Waals surface area contributed by atoms with Crippen LogP contribution >= 0.6 is 0 Å². The van der Waals surface area contributed by atoms with Gasteiger partial charge in [-0.2, -0.15) is 0 Å². The number of hydrogen-bond acceptors (Lipinski definition) is 4. The first-order chi connectivity index (χ1) is 9.09. The van der Waals surface area contributed by atoms with Crippen molar-refractivity contribution in [2.24, 2.45) is 0 Å². The molecule has 6 heteroatoms. The standard InChI is InChI=1S/C13H18N2O4/c1-10(12(16)17)14-7-8-15-13(18)19-9-11-5-3-2-4-6-11/h2-6,10,14H,7-9H2,1H3,(H,15,18)(H,16,17)/t10-/m0/s1. The molecule has 0 aliphatic heterocycles. The van der Waals surface area contributed by atoms with Gasteiger partial charge in [0.25, 0.3) is 0 Å². The molecule has 0 aliphatic carbocycles. The number of aliphatic carboxylic acids is 1. The summed E-state index contributed by atoms with van der Waals surface area (Å²) in [6, 6.07) is 8.72. The molecule has 1 aromatic carbocycles. The smallest absolute Gasteiger partial charge is 0.407 e. The van der Waals surface area contributed by atoms with E-state index in [2.05, 4.69) is 10.6 Å². The second-order valence-electron chi connectivity index (χ2n) is 4.00. The summed E-state index contributed by atoms with van der Waals surface area (Å²) < 4.78 is 4.99. The van der Waals surface area contributed by atoms with E-state index in [9.17, 15) is 9.59 Å². The topological polar surface area (TPSA) is 87.7 Å². The third-order valence-electron chi connectivity index (χ3n) is 2.43. The van der Waals surface area contributed by atoms with Crippen LogP contribution in [0.2, 0.25) is 0 Å². The van der Waals surface area contributed by atoms with E-state index < -0.39 is 18.1 Å². The number of amides is 1. The Kier molecular flexibility index (Phi) is 6.38. The number of carboxylic acids is 1. The third kappa shape index (κ3) is 6.42. The van der Waals surface area contributed by atoms with Crippen molar-refractivity contribution in [3.05, 3.63) is 35.9 Å². The van der Waals surface area contributed by atoms with Crippen molar-refractivity contribution in [2.75, 3.05) is 13.1 Å². The van der Waals surface area contributed by atoms with Gasteiger partial charge in [0.15, 0.2) is 0 Å². The molecular formula is C13H18N2O4. The van der Waals surface area contributed by atoms with E-state index >= 15 is 0 Å². The zero-order valence-electron chi connectivity index (χ0n) is 10.8. The number of benzene rings is 1. The lowest BCUT2D eigenvalue weighted by atomic mass is 10.2. The highest BCUT2D eigenvalue weighted by Crippen LogP contribution is 2.00. The minimum absolute atomic E-state index is 0.214. The monoisotopic (exact) mass is 266 g/mol. The van der Waals surface area contributed by atoms with Crippen LogP contribution < -0.4 is 10.6 Å². The number of ether oxygens (including phenoxy) is 1. The number of nitrogens with one attached hydrogen (secondary N) is 2. The summed E-state index contributed by atoms with van der Waals surface area (Å²) in [5.74, 6) is -0.924. The zero-order chi connectivity index (χ0) is 14.1. The summed E-state index contributed by atoms with van der Waals surface area (Å²) in [6.07, 6.45) is -0.520. The maximum Gasteiger partial charge on any atom is 0.407 e. The molecule has 0 saturated carbocycles. The van der Waals surface area contributed by atoms with Crippen LogP contribution in [0.3, 0.4) is 0 Å². The summed E-state index contributed by atoms with van der Waals surface area (Å²) in [5.41, 5.74) is 0.912. The molecule has 1 amide bonds. The van der Waals surface area contributed by atoms with Crippen LogP contribution in [0.1, 0.15) is 12.5 Å². The maximum absolute atomic E-state index is 11.3. The van der Waals surface area contributed by atoms with Crippen molar-refractivity contribution in [1.82, 2.24) is 10.6 Å². The number of rotatable bonds is 7. The van der Waals surface area contributed by atoms with Crippen LogP contribution in [0.5, 0.6) is 0 Å². The van der Waals surface area contributed by atoms with Crippen LogP contribution in [-0.2, 0) is 16.1 Å². The number of alkyl carbamates (subject to hydrolysis) is 1. The van der Waals surface area contributed by atoms with Gasteiger partial charge < -0.3 is 20.5 Å². The highest BCUT2D eigenvalue weighted by molar-refractivity contribution is 5.72. The van der Waals surface area contributed by atoms with Crippen molar-refractivity contribution in [3.63, 3.8) is 0 Å². The highest BCUT2D eigenvalue weighted by Gasteiger charge is 2.09. The third-order valence-corrected chi connectivity index (χ3v) is 2.43. The van der Waals surface area contributed by atoms with E-state index in [-0.39, 0.29) is 6.61 Å². The Bertz CT molecular complexity index is 408. The Morgan fingerprint density at radius 2 is 1.95 bits per heavy atom. The van der Waals surface area contributed by atoms with E-state index in [1.165, 1.54) is 6.92 Å². The second-order valence-corrected chi connectivity index (χ2v) is 4.00. The Balaban J connectivity index is 2.10. The quantitative estimate of drug-likeness (QED) is 0.640. The van der Waals surface area contributed by atoms with E-state index in [4.69, 9.17) is 9.84 Å². The Hall–Kier alpha value is -2.08. The molecule has 0 bridgehead atoms. The van der Waals surface area contributed by atoms with Crippen molar-refractivity contribution < 1.29 is 19.4 Å². The number of hydrogen-bond donors (Lipinski definition) is 3. The zero-order valence-corrected chi connectivity index (χ0v) is 10.8. The molecule has 0 aliphatic rings. The molecule has 1 atom stereocenters. The molecular weight excluding hydrogens is 248 g/mol. The van der Waals surface area contributed by atoms with Gasteiger partial charge in [-0.15, -0.1) is 0 Å². The summed E-state index contributed by atoms with van der Waals surface area (Å²) in [7, 11) is 0. The second kappa shape index (κ2) is 8.10. The predicted molar refractivity (Wildman–Crippen MR) is 69.7 cm³/mol. The fourth-order valence-corrected chi connectivity index (χ4v) is 1.31. The van der Waals surface area contributed by atoms with E-state index in [0.717, 1.165) is 5.56 Å². The van der Waals surface area contributed by atoms with E-state index in [1.54, 1.807) is 0 Å². The van der Waals surface area contributed by atoms with E-state index in [0.29, 0.717) is 13.1 Å². The van der Waals surface area contributed by atoms with Crippen molar-refractivity contribution in [3.8, 4) is 0 Å². The van der Waals surface area contributed by atoms with Gasteiger partial charge in [-0.1, -0.05) is 30.3 Å². The van der Waals surface area contributed by atoms with Gasteiger partial charge >= 0.3 is 12.1 Å². The van der Waals surface area contributed by atoms with Crippen molar-refractivity contribution >= 4 is 12.1 Å². The maximum atomic E-state index is 11.3.